The second-order valence-electron chi connectivity index (χ2n) is 12.3. The van der Waals surface area contributed by atoms with Crippen molar-refractivity contribution in [3.63, 3.8) is 0 Å². The van der Waals surface area contributed by atoms with Gasteiger partial charge in [0, 0.05) is 11.8 Å². The standard InChI is InChI=1S/C27H44O3/c1-17(2)7-6-8-18(3)21-9-10-22-20-15-24(29)27(30)16-19(28)11-14-26(27,5)23(20)12-13-25(21,22)4/h15,17-19,21-23,28,30H,6-14,16H2,1-5H3/t18?,19-,21?,22?,23?,25?,26?,27-/m0/s1. The van der Waals surface area contributed by atoms with Gasteiger partial charge >= 0.3 is 0 Å². The molecule has 0 saturated heterocycles. The minimum Gasteiger partial charge on any atom is -0.393 e. The van der Waals surface area contributed by atoms with Gasteiger partial charge in [-0.1, -0.05) is 59.5 Å². The molecular weight excluding hydrogens is 372 g/mol. The van der Waals surface area contributed by atoms with Crippen LogP contribution >= 0.6 is 0 Å². The van der Waals surface area contributed by atoms with E-state index >= 15 is 0 Å². The molecule has 2 N–H and O–H groups in total. The third kappa shape index (κ3) is 3.25. The highest BCUT2D eigenvalue weighted by atomic mass is 16.3. The number of ketones is 1. The first-order chi connectivity index (χ1) is 14.0. The fourth-order valence-electron chi connectivity index (χ4n) is 8.37. The van der Waals surface area contributed by atoms with Gasteiger partial charge in [0.1, 0.15) is 5.60 Å². The van der Waals surface area contributed by atoms with Crippen LogP contribution in [0.2, 0.25) is 0 Å². The number of aliphatic hydroxyl groups excluding tert-OH is 1. The monoisotopic (exact) mass is 416 g/mol. The van der Waals surface area contributed by atoms with Crippen LogP contribution in [0.15, 0.2) is 11.6 Å². The Balaban J connectivity index is 1.59. The quantitative estimate of drug-likeness (QED) is 0.606. The van der Waals surface area contributed by atoms with Crippen LogP contribution in [0.4, 0.5) is 0 Å². The van der Waals surface area contributed by atoms with Crippen molar-refractivity contribution in [3.8, 4) is 0 Å². The topological polar surface area (TPSA) is 57.5 Å². The lowest BCUT2D eigenvalue weighted by Crippen LogP contribution is -2.64. The summed E-state index contributed by atoms with van der Waals surface area (Å²) in [4.78, 5) is 13.2. The Morgan fingerprint density at radius 1 is 1.03 bits per heavy atom. The second kappa shape index (κ2) is 7.73. The third-order valence-corrected chi connectivity index (χ3v) is 10.3. The average Bonchev–Trinajstić information content (AvgIpc) is 3.01. The van der Waals surface area contributed by atoms with Crippen LogP contribution in [-0.4, -0.2) is 27.7 Å². The zero-order valence-corrected chi connectivity index (χ0v) is 19.9. The maximum atomic E-state index is 13.2. The van der Waals surface area contributed by atoms with Gasteiger partial charge in [-0.05, 0) is 79.6 Å². The van der Waals surface area contributed by atoms with Crippen LogP contribution in [0.25, 0.3) is 0 Å². The first kappa shape index (κ1) is 22.5. The van der Waals surface area contributed by atoms with E-state index < -0.39 is 17.1 Å². The maximum absolute atomic E-state index is 13.2. The van der Waals surface area contributed by atoms with Gasteiger partial charge in [-0.15, -0.1) is 0 Å². The molecule has 170 valence electrons. The fourth-order valence-corrected chi connectivity index (χ4v) is 8.37. The third-order valence-electron chi connectivity index (χ3n) is 10.3. The van der Waals surface area contributed by atoms with Crippen molar-refractivity contribution in [1.82, 2.24) is 0 Å². The van der Waals surface area contributed by atoms with Crippen molar-refractivity contribution < 1.29 is 15.0 Å². The predicted octanol–water partition coefficient (Wildman–Crippen LogP) is 5.68. The average molecular weight is 417 g/mol. The van der Waals surface area contributed by atoms with Gasteiger partial charge in [-0.2, -0.15) is 0 Å². The molecule has 0 spiro atoms. The van der Waals surface area contributed by atoms with Gasteiger partial charge in [-0.3, -0.25) is 4.79 Å². The molecule has 0 bridgehead atoms. The van der Waals surface area contributed by atoms with E-state index in [9.17, 15) is 15.0 Å². The van der Waals surface area contributed by atoms with Gasteiger partial charge < -0.3 is 10.2 Å². The molecule has 0 aromatic rings. The Bertz CT molecular complexity index is 711. The molecule has 30 heavy (non-hydrogen) atoms. The van der Waals surface area contributed by atoms with Gasteiger partial charge in [0.2, 0.25) is 0 Å². The summed E-state index contributed by atoms with van der Waals surface area (Å²) in [6.07, 6.45) is 11.7. The van der Waals surface area contributed by atoms with Crippen LogP contribution in [0.5, 0.6) is 0 Å². The van der Waals surface area contributed by atoms with Crippen molar-refractivity contribution in [2.75, 3.05) is 0 Å². The molecule has 0 aromatic heterocycles. The summed E-state index contributed by atoms with van der Waals surface area (Å²) >= 11 is 0. The number of aliphatic hydroxyl groups is 2. The van der Waals surface area contributed by atoms with Crippen molar-refractivity contribution in [3.05, 3.63) is 11.6 Å². The maximum Gasteiger partial charge on any atom is 0.187 e. The SMILES string of the molecule is CC(C)CCCC(C)C1CCC2C3=CC(=O)[C@@]4(O)C[C@@H](O)CCC4(C)C3CCC21C. The Labute approximate surface area is 183 Å². The van der Waals surface area contributed by atoms with Crippen molar-refractivity contribution in [2.24, 2.45) is 40.4 Å². The van der Waals surface area contributed by atoms with Crippen LogP contribution in [-0.2, 0) is 4.79 Å². The minimum atomic E-state index is -1.38. The van der Waals surface area contributed by atoms with Crippen molar-refractivity contribution >= 4 is 5.78 Å². The van der Waals surface area contributed by atoms with E-state index in [2.05, 4.69) is 34.6 Å². The molecule has 6 unspecified atom stereocenters. The van der Waals surface area contributed by atoms with Crippen LogP contribution in [0.3, 0.4) is 0 Å². The summed E-state index contributed by atoms with van der Waals surface area (Å²) in [5.41, 5.74) is -0.154. The van der Waals surface area contributed by atoms with E-state index in [-0.39, 0.29) is 12.2 Å². The highest BCUT2D eigenvalue weighted by Gasteiger charge is 2.65. The summed E-state index contributed by atoms with van der Waals surface area (Å²) < 4.78 is 0. The van der Waals surface area contributed by atoms with Crippen LogP contribution < -0.4 is 0 Å². The van der Waals surface area contributed by atoms with Gasteiger partial charge in [0.25, 0.3) is 0 Å². The molecule has 4 aliphatic carbocycles. The highest BCUT2D eigenvalue weighted by Crippen LogP contribution is 2.67. The second-order valence-corrected chi connectivity index (χ2v) is 12.3. The largest absolute Gasteiger partial charge is 0.393 e. The lowest BCUT2D eigenvalue weighted by Gasteiger charge is -2.60. The summed E-state index contributed by atoms with van der Waals surface area (Å²) in [6, 6.07) is 0. The number of fused-ring (bicyclic) bond motifs is 5. The molecule has 3 heteroatoms. The molecule has 0 aliphatic heterocycles. The molecule has 0 aromatic carbocycles. The van der Waals surface area contributed by atoms with Crippen molar-refractivity contribution in [1.29, 1.82) is 0 Å². The van der Waals surface area contributed by atoms with E-state index in [1.54, 1.807) is 0 Å². The molecule has 3 nitrogen and oxygen atoms in total. The van der Waals surface area contributed by atoms with Gasteiger partial charge in [0.05, 0.1) is 6.10 Å². The lowest BCUT2D eigenvalue weighted by molar-refractivity contribution is -0.180. The van der Waals surface area contributed by atoms with E-state index in [4.69, 9.17) is 0 Å². The Hall–Kier alpha value is -0.670. The Morgan fingerprint density at radius 3 is 2.47 bits per heavy atom. The fraction of sp³-hybridized carbons (Fsp3) is 0.889. The molecular formula is C27H44O3. The zero-order valence-electron chi connectivity index (χ0n) is 19.9. The normalized spacial score (nSPS) is 46.8. The van der Waals surface area contributed by atoms with Crippen LogP contribution in [0, 0.1) is 40.4 Å². The van der Waals surface area contributed by atoms with Crippen LogP contribution in [0.1, 0.15) is 98.8 Å². The predicted molar refractivity (Wildman–Crippen MR) is 121 cm³/mol. The van der Waals surface area contributed by atoms with Crippen molar-refractivity contribution in [2.45, 2.75) is 111 Å². The number of allylic oxidation sites excluding steroid dienone is 1. The molecule has 3 saturated carbocycles. The van der Waals surface area contributed by atoms with E-state index in [0.717, 1.165) is 30.6 Å². The molecule has 0 radical (unpaired) electrons. The smallest absolute Gasteiger partial charge is 0.187 e. The summed E-state index contributed by atoms with van der Waals surface area (Å²) in [7, 11) is 0. The summed E-state index contributed by atoms with van der Waals surface area (Å²) in [6.45, 7) is 11.7. The zero-order chi connectivity index (χ0) is 21.9. The number of carbonyl (C=O) groups is 1. The molecule has 0 heterocycles. The number of rotatable bonds is 5. The Morgan fingerprint density at radius 2 is 1.77 bits per heavy atom. The first-order valence-corrected chi connectivity index (χ1v) is 12.7. The highest BCUT2D eigenvalue weighted by molar-refractivity contribution is 5.99. The van der Waals surface area contributed by atoms with E-state index in [0.29, 0.717) is 23.7 Å². The van der Waals surface area contributed by atoms with Gasteiger partial charge in [0.15, 0.2) is 5.78 Å². The molecule has 8 atom stereocenters. The minimum absolute atomic E-state index is 0.132. The van der Waals surface area contributed by atoms with E-state index in [1.165, 1.54) is 44.1 Å². The number of hydrogen-bond donors (Lipinski definition) is 2. The molecule has 3 fully saturated rings. The molecule has 4 aliphatic rings. The first-order valence-electron chi connectivity index (χ1n) is 12.7. The van der Waals surface area contributed by atoms with E-state index in [1.807, 2.05) is 6.08 Å². The summed E-state index contributed by atoms with van der Waals surface area (Å²) in [5, 5.41) is 21.7. The lowest BCUT2D eigenvalue weighted by atomic mass is 9.46. The number of hydrogen-bond acceptors (Lipinski definition) is 3. The number of carbonyl (C=O) groups excluding carboxylic acids is 1. The summed E-state index contributed by atoms with van der Waals surface area (Å²) in [5.74, 6) is 2.92. The molecule has 0 amide bonds. The molecule has 4 rings (SSSR count). The van der Waals surface area contributed by atoms with Gasteiger partial charge in [-0.25, -0.2) is 0 Å². The Kier molecular flexibility index (Phi) is 5.80.